The summed E-state index contributed by atoms with van der Waals surface area (Å²) in [6, 6.07) is 6.88. The smallest absolute Gasteiger partial charge is 0.261 e. The largest absolute Gasteiger partial charge is 0.507 e. The fraction of sp³-hybridized carbons (Fsp3) is 0.250. The fourth-order valence-electron chi connectivity index (χ4n) is 1.48. The zero-order valence-electron chi connectivity index (χ0n) is 9.42. The zero-order chi connectivity index (χ0) is 12.1. The summed E-state index contributed by atoms with van der Waals surface area (Å²) in [5.41, 5.74) is 1.13. The van der Waals surface area contributed by atoms with Gasteiger partial charge in [0.15, 0.2) is 6.61 Å². The number of aromatic hydroxyl groups is 1. The van der Waals surface area contributed by atoms with E-state index in [1.54, 1.807) is 18.2 Å². The van der Waals surface area contributed by atoms with E-state index in [9.17, 15) is 5.11 Å². The molecular formula is C12H13NO4. The Morgan fingerprint density at radius 1 is 1.41 bits per heavy atom. The second-order valence-electron chi connectivity index (χ2n) is 3.36. The van der Waals surface area contributed by atoms with Crippen LogP contribution in [0.15, 0.2) is 35.7 Å². The van der Waals surface area contributed by atoms with Crippen LogP contribution in [0.2, 0.25) is 0 Å². The highest BCUT2D eigenvalue weighted by Crippen LogP contribution is 2.26. The molecule has 2 rings (SSSR count). The second-order valence-corrected chi connectivity index (χ2v) is 3.36. The summed E-state index contributed by atoms with van der Waals surface area (Å²) in [5, 5.41) is 13.6. The minimum Gasteiger partial charge on any atom is -0.507 e. The van der Waals surface area contributed by atoms with Gasteiger partial charge in [0.05, 0.1) is 18.9 Å². The molecule has 0 bridgehead atoms. The molecule has 1 aliphatic rings. The van der Waals surface area contributed by atoms with E-state index in [-0.39, 0.29) is 5.75 Å². The maximum Gasteiger partial charge on any atom is 0.261 e. The Morgan fingerprint density at radius 2 is 2.24 bits per heavy atom. The van der Waals surface area contributed by atoms with Crippen LogP contribution in [0.5, 0.6) is 5.75 Å². The number of phenolic OH excluding ortho intramolecular Hbond substituents is 1. The molecule has 0 fully saturated rings. The van der Waals surface area contributed by atoms with Gasteiger partial charge in [-0.15, -0.1) is 0 Å². The molecule has 0 spiro atoms. The van der Waals surface area contributed by atoms with Gasteiger partial charge < -0.3 is 19.4 Å². The van der Waals surface area contributed by atoms with Crippen molar-refractivity contribution >= 4 is 11.5 Å². The SMILES string of the molecule is CO/C=C(/C1=NOCCO1)c1ccccc1O. The maximum absolute atomic E-state index is 9.79. The van der Waals surface area contributed by atoms with Gasteiger partial charge in [-0.25, -0.2) is 0 Å². The van der Waals surface area contributed by atoms with Crippen LogP contribution in [0.3, 0.4) is 0 Å². The van der Waals surface area contributed by atoms with E-state index in [1.165, 1.54) is 13.4 Å². The fourth-order valence-corrected chi connectivity index (χ4v) is 1.48. The molecule has 0 atom stereocenters. The van der Waals surface area contributed by atoms with Crippen molar-refractivity contribution in [1.82, 2.24) is 0 Å². The molecule has 17 heavy (non-hydrogen) atoms. The van der Waals surface area contributed by atoms with Gasteiger partial charge >= 0.3 is 0 Å². The van der Waals surface area contributed by atoms with Gasteiger partial charge in [-0.05, 0) is 11.2 Å². The van der Waals surface area contributed by atoms with Crippen LogP contribution in [0, 0.1) is 0 Å². The molecule has 1 N–H and O–H groups in total. The molecule has 1 aromatic rings. The van der Waals surface area contributed by atoms with Gasteiger partial charge in [0.1, 0.15) is 12.4 Å². The monoisotopic (exact) mass is 235 g/mol. The number of phenols is 1. The molecule has 1 heterocycles. The number of methoxy groups -OCH3 is 1. The van der Waals surface area contributed by atoms with E-state index < -0.39 is 0 Å². The van der Waals surface area contributed by atoms with Crippen LogP contribution in [0.1, 0.15) is 5.56 Å². The van der Waals surface area contributed by atoms with Crippen molar-refractivity contribution in [1.29, 1.82) is 0 Å². The predicted octanol–water partition coefficient (Wildman–Crippen LogP) is 1.74. The molecule has 0 radical (unpaired) electrons. The number of ether oxygens (including phenoxy) is 2. The van der Waals surface area contributed by atoms with Crippen LogP contribution in [0.4, 0.5) is 0 Å². The first-order valence-electron chi connectivity index (χ1n) is 5.17. The summed E-state index contributed by atoms with van der Waals surface area (Å²) >= 11 is 0. The van der Waals surface area contributed by atoms with Crippen molar-refractivity contribution in [2.24, 2.45) is 5.16 Å². The molecule has 90 valence electrons. The van der Waals surface area contributed by atoms with Crippen molar-refractivity contribution in [2.45, 2.75) is 0 Å². The average molecular weight is 235 g/mol. The van der Waals surface area contributed by atoms with Gasteiger partial charge in [-0.1, -0.05) is 18.2 Å². The second kappa shape index (κ2) is 5.25. The average Bonchev–Trinajstić information content (AvgIpc) is 2.38. The minimum absolute atomic E-state index is 0.132. The summed E-state index contributed by atoms with van der Waals surface area (Å²) in [4.78, 5) is 4.96. The Balaban J connectivity index is 2.39. The van der Waals surface area contributed by atoms with E-state index in [0.29, 0.717) is 30.2 Å². The highest BCUT2D eigenvalue weighted by molar-refractivity contribution is 6.19. The van der Waals surface area contributed by atoms with Gasteiger partial charge in [0, 0.05) is 5.56 Å². The standard InChI is InChI=1S/C12H13NO4/c1-15-8-10(12-13-17-7-6-16-12)9-4-2-3-5-11(9)14/h2-5,8,14H,6-7H2,1H3/b10-8+. The highest BCUT2D eigenvalue weighted by atomic mass is 16.7. The molecule has 1 aliphatic heterocycles. The van der Waals surface area contributed by atoms with Gasteiger partial charge in [-0.3, -0.25) is 0 Å². The third-order valence-corrected chi connectivity index (χ3v) is 2.22. The van der Waals surface area contributed by atoms with Crippen molar-refractivity contribution in [3.63, 3.8) is 0 Å². The molecule has 1 aromatic carbocycles. The lowest BCUT2D eigenvalue weighted by molar-refractivity contribution is 0.0667. The first-order chi connectivity index (χ1) is 8.33. The lowest BCUT2D eigenvalue weighted by atomic mass is 10.1. The van der Waals surface area contributed by atoms with Gasteiger partial charge in [0.2, 0.25) is 0 Å². The van der Waals surface area contributed by atoms with E-state index >= 15 is 0 Å². The van der Waals surface area contributed by atoms with Crippen LogP contribution in [-0.2, 0) is 14.3 Å². The zero-order valence-corrected chi connectivity index (χ0v) is 9.42. The van der Waals surface area contributed by atoms with Crippen LogP contribution >= 0.6 is 0 Å². The molecule has 0 saturated carbocycles. The summed E-state index contributed by atoms with van der Waals surface area (Å²) in [6.07, 6.45) is 1.46. The number of para-hydroxylation sites is 1. The molecule has 5 heteroatoms. The minimum atomic E-state index is 0.132. The van der Waals surface area contributed by atoms with Crippen molar-refractivity contribution in [2.75, 3.05) is 20.3 Å². The van der Waals surface area contributed by atoms with Crippen LogP contribution < -0.4 is 0 Å². The summed E-state index contributed by atoms with van der Waals surface area (Å²) < 4.78 is 10.3. The molecule has 0 aliphatic carbocycles. The van der Waals surface area contributed by atoms with Gasteiger partial charge in [0.25, 0.3) is 5.90 Å². The lowest BCUT2D eigenvalue weighted by Crippen LogP contribution is -2.17. The number of benzene rings is 1. The quantitative estimate of drug-likeness (QED) is 0.811. The predicted molar refractivity (Wildman–Crippen MR) is 62.4 cm³/mol. The molecule has 0 unspecified atom stereocenters. The van der Waals surface area contributed by atoms with Crippen LogP contribution in [0.25, 0.3) is 5.57 Å². The summed E-state index contributed by atoms with van der Waals surface area (Å²) in [5.74, 6) is 0.437. The van der Waals surface area contributed by atoms with Crippen LogP contribution in [-0.4, -0.2) is 31.3 Å². The Morgan fingerprint density at radius 3 is 2.88 bits per heavy atom. The van der Waals surface area contributed by atoms with Crippen molar-refractivity contribution in [3.05, 3.63) is 36.1 Å². The maximum atomic E-state index is 9.79. The Bertz CT molecular complexity index is 454. The number of hydrogen-bond acceptors (Lipinski definition) is 5. The molecule has 0 amide bonds. The topological polar surface area (TPSA) is 60.3 Å². The first kappa shape index (κ1) is 11.3. The number of oxime groups is 1. The third kappa shape index (κ3) is 2.50. The highest BCUT2D eigenvalue weighted by Gasteiger charge is 2.18. The van der Waals surface area contributed by atoms with E-state index in [2.05, 4.69) is 5.16 Å². The Hall–Kier alpha value is -2.17. The normalized spacial score (nSPS) is 15.6. The number of rotatable bonds is 3. The number of nitrogens with zero attached hydrogens (tertiary/aromatic N) is 1. The van der Waals surface area contributed by atoms with Crippen molar-refractivity contribution < 1.29 is 19.4 Å². The molecule has 0 saturated heterocycles. The van der Waals surface area contributed by atoms with E-state index in [1.807, 2.05) is 6.07 Å². The molecule has 0 aromatic heterocycles. The number of hydrogen-bond donors (Lipinski definition) is 1. The molecule has 5 nitrogen and oxygen atoms in total. The van der Waals surface area contributed by atoms with Crippen molar-refractivity contribution in [3.8, 4) is 5.75 Å². The summed E-state index contributed by atoms with van der Waals surface area (Å²) in [7, 11) is 1.52. The molecular weight excluding hydrogens is 222 g/mol. The van der Waals surface area contributed by atoms with E-state index in [4.69, 9.17) is 14.3 Å². The Labute approximate surface area is 98.9 Å². The third-order valence-electron chi connectivity index (χ3n) is 2.22. The first-order valence-corrected chi connectivity index (χ1v) is 5.17. The Kier molecular flexibility index (Phi) is 3.49. The lowest BCUT2D eigenvalue weighted by Gasteiger charge is -2.16. The summed E-state index contributed by atoms with van der Waals surface area (Å²) in [6.45, 7) is 0.845. The van der Waals surface area contributed by atoms with E-state index in [0.717, 1.165) is 0 Å². The van der Waals surface area contributed by atoms with Gasteiger partial charge in [-0.2, -0.15) is 0 Å².